The molecule has 1 nitrogen and oxygen atoms in total. The minimum Gasteiger partial charge on any atom is -0.320 e. The number of benzene rings is 1. The maximum absolute atomic E-state index is 3.18. The van der Waals surface area contributed by atoms with E-state index in [1.807, 2.05) is 7.05 Å². The monoisotopic (exact) mass is 241 g/mol. The van der Waals surface area contributed by atoms with E-state index in [9.17, 15) is 0 Å². The molecular weight excluding hydrogens is 218 g/mol. The van der Waals surface area contributed by atoms with E-state index in [0.717, 1.165) is 6.54 Å². The van der Waals surface area contributed by atoms with Crippen molar-refractivity contribution < 1.29 is 0 Å². The average Bonchev–Trinajstić information content (AvgIpc) is 2.28. The van der Waals surface area contributed by atoms with Crippen molar-refractivity contribution in [2.24, 2.45) is 0 Å². The predicted molar refractivity (Wildman–Crippen MR) is 74.5 cm³/mol. The first-order valence-corrected chi connectivity index (χ1v) is 6.09. The van der Waals surface area contributed by atoms with Crippen LogP contribution in [0.3, 0.4) is 0 Å². The normalized spacial score (nSPS) is 9.88. The quantitative estimate of drug-likeness (QED) is 0.720. The highest BCUT2D eigenvalue weighted by atomic mass is 35.5. The molecule has 0 aliphatic heterocycles. The van der Waals surface area contributed by atoms with Crippen molar-refractivity contribution in [1.29, 1.82) is 0 Å². The molecule has 0 unspecified atom stereocenters. The first-order chi connectivity index (χ1) is 7.36. The largest absolute Gasteiger partial charge is 0.320 e. The first-order valence-electron chi connectivity index (χ1n) is 6.09. The molecule has 0 aliphatic carbocycles. The van der Waals surface area contributed by atoms with E-state index in [1.54, 1.807) is 0 Å². The fraction of sp³-hybridized carbons (Fsp3) is 0.571. The van der Waals surface area contributed by atoms with Gasteiger partial charge in [-0.05, 0) is 50.4 Å². The van der Waals surface area contributed by atoms with Crippen LogP contribution in [0, 0.1) is 0 Å². The summed E-state index contributed by atoms with van der Waals surface area (Å²) in [6, 6.07) is 9.12. The topological polar surface area (TPSA) is 12.0 Å². The molecule has 1 rings (SSSR count). The highest BCUT2D eigenvalue weighted by Crippen LogP contribution is 2.09. The van der Waals surface area contributed by atoms with Crippen molar-refractivity contribution >= 4 is 12.4 Å². The smallest absolute Gasteiger partial charge is 0.00488 e. The summed E-state index contributed by atoms with van der Waals surface area (Å²) in [5.41, 5.74) is 2.94. The molecule has 1 aromatic rings. The van der Waals surface area contributed by atoms with Crippen LogP contribution in [-0.2, 0) is 12.8 Å². The van der Waals surface area contributed by atoms with E-state index in [0.29, 0.717) is 0 Å². The van der Waals surface area contributed by atoms with Gasteiger partial charge in [-0.2, -0.15) is 0 Å². The Hall–Kier alpha value is -0.530. The Bertz CT molecular complexity index is 256. The van der Waals surface area contributed by atoms with Crippen molar-refractivity contribution in [1.82, 2.24) is 5.32 Å². The second-order valence-electron chi connectivity index (χ2n) is 4.13. The van der Waals surface area contributed by atoms with Crippen molar-refractivity contribution in [3.63, 3.8) is 0 Å². The summed E-state index contributed by atoms with van der Waals surface area (Å²) >= 11 is 0. The summed E-state index contributed by atoms with van der Waals surface area (Å²) in [6.07, 6.45) is 6.23. The van der Waals surface area contributed by atoms with Crippen molar-refractivity contribution in [2.45, 2.75) is 39.0 Å². The Morgan fingerprint density at radius 1 is 0.938 bits per heavy atom. The molecule has 0 fully saturated rings. The molecule has 0 saturated carbocycles. The predicted octanol–water partition coefficient (Wildman–Crippen LogP) is 3.60. The van der Waals surface area contributed by atoms with E-state index >= 15 is 0 Å². The van der Waals surface area contributed by atoms with E-state index in [-0.39, 0.29) is 12.4 Å². The number of halogens is 1. The van der Waals surface area contributed by atoms with Gasteiger partial charge in [-0.1, -0.05) is 37.6 Å². The zero-order chi connectivity index (χ0) is 10.9. The maximum atomic E-state index is 3.18. The summed E-state index contributed by atoms with van der Waals surface area (Å²) in [7, 11) is 2.01. The lowest BCUT2D eigenvalue weighted by Gasteiger charge is -2.03. The number of hydrogen-bond donors (Lipinski definition) is 1. The highest BCUT2D eigenvalue weighted by Gasteiger charge is 1.94. The number of nitrogens with one attached hydrogen (secondary N) is 1. The molecule has 0 spiro atoms. The average molecular weight is 242 g/mol. The van der Waals surface area contributed by atoms with Crippen LogP contribution in [0.5, 0.6) is 0 Å². The van der Waals surface area contributed by atoms with Crippen LogP contribution in [-0.4, -0.2) is 13.6 Å². The van der Waals surface area contributed by atoms with Gasteiger partial charge in [0.2, 0.25) is 0 Å². The Morgan fingerprint density at radius 3 is 1.88 bits per heavy atom. The second kappa shape index (κ2) is 9.68. The van der Waals surface area contributed by atoms with Gasteiger partial charge in [-0.15, -0.1) is 12.4 Å². The van der Waals surface area contributed by atoms with E-state index in [2.05, 4.69) is 36.5 Å². The minimum absolute atomic E-state index is 0. The van der Waals surface area contributed by atoms with Gasteiger partial charge in [0.1, 0.15) is 0 Å². The van der Waals surface area contributed by atoms with E-state index in [1.165, 1.54) is 43.2 Å². The third-order valence-corrected chi connectivity index (χ3v) is 2.73. The second-order valence-corrected chi connectivity index (χ2v) is 4.13. The van der Waals surface area contributed by atoms with E-state index < -0.39 is 0 Å². The Kier molecular flexibility index (Phi) is 9.36. The van der Waals surface area contributed by atoms with Gasteiger partial charge < -0.3 is 5.32 Å². The standard InChI is InChI=1S/C14H23N.ClH/c1-3-4-6-13-8-10-14(11-9-13)7-5-12-15-2;/h8-11,15H,3-7,12H2,1-2H3;1H. The molecule has 0 bridgehead atoms. The molecular formula is C14H24ClN. The third-order valence-electron chi connectivity index (χ3n) is 2.73. The third kappa shape index (κ3) is 6.14. The summed E-state index contributed by atoms with van der Waals surface area (Å²) in [6.45, 7) is 3.35. The van der Waals surface area contributed by atoms with Crippen LogP contribution in [0.15, 0.2) is 24.3 Å². The molecule has 0 aromatic heterocycles. The van der Waals surface area contributed by atoms with Crippen LogP contribution >= 0.6 is 12.4 Å². The first kappa shape index (κ1) is 15.5. The number of aryl methyl sites for hydroxylation is 2. The lowest BCUT2D eigenvalue weighted by molar-refractivity contribution is 0.724. The minimum atomic E-state index is 0. The van der Waals surface area contributed by atoms with Gasteiger partial charge in [-0.25, -0.2) is 0 Å². The fourth-order valence-electron chi connectivity index (χ4n) is 1.72. The Morgan fingerprint density at radius 2 is 1.44 bits per heavy atom. The molecule has 0 atom stereocenters. The molecule has 92 valence electrons. The van der Waals surface area contributed by atoms with Crippen LogP contribution in [0.2, 0.25) is 0 Å². The SMILES string of the molecule is CCCCc1ccc(CCCNC)cc1.Cl. The summed E-state index contributed by atoms with van der Waals surface area (Å²) < 4.78 is 0. The van der Waals surface area contributed by atoms with Gasteiger partial charge in [0, 0.05) is 0 Å². The summed E-state index contributed by atoms with van der Waals surface area (Å²) in [5, 5.41) is 3.18. The lowest BCUT2D eigenvalue weighted by Crippen LogP contribution is -2.08. The van der Waals surface area contributed by atoms with Gasteiger partial charge in [0.05, 0.1) is 0 Å². The summed E-state index contributed by atoms with van der Waals surface area (Å²) in [5.74, 6) is 0. The summed E-state index contributed by atoms with van der Waals surface area (Å²) in [4.78, 5) is 0. The van der Waals surface area contributed by atoms with E-state index in [4.69, 9.17) is 0 Å². The molecule has 2 heteroatoms. The van der Waals surface area contributed by atoms with Crippen LogP contribution in [0.1, 0.15) is 37.3 Å². The van der Waals surface area contributed by atoms with Crippen molar-refractivity contribution in [2.75, 3.05) is 13.6 Å². The van der Waals surface area contributed by atoms with Crippen LogP contribution < -0.4 is 5.32 Å². The Balaban J connectivity index is 0.00000225. The van der Waals surface area contributed by atoms with Crippen LogP contribution in [0.4, 0.5) is 0 Å². The van der Waals surface area contributed by atoms with Gasteiger partial charge in [0.25, 0.3) is 0 Å². The number of unbranched alkanes of at least 4 members (excludes halogenated alkanes) is 1. The number of hydrogen-bond acceptors (Lipinski definition) is 1. The Labute approximate surface area is 106 Å². The zero-order valence-electron chi connectivity index (χ0n) is 10.5. The van der Waals surface area contributed by atoms with Crippen molar-refractivity contribution in [3.8, 4) is 0 Å². The van der Waals surface area contributed by atoms with Gasteiger partial charge >= 0.3 is 0 Å². The van der Waals surface area contributed by atoms with Crippen molar-refractivity contribution in [3.05, 3.63) is 35.4 Å². The van der Waals surface area contributed by atoms with Gasteiger partial charge in [-0.3, -0.25) is 0 Å². The molecule has 0 heterocycles. The molecule has 0 aliphatic rings. The highest BCUT2D eigenvalue weighted by molar-refractivity contribution is 5.85. The molecule has 0 radical (unpaired) electrons. The van der Waals surface area contributed by atoms with Gasteiger partial charge in [0.15, 0.2) is 0 Å². The lowest BCUT2D eigenvalue weighted by atomic mass is 10.0. The molecule has 1 aromatic carbocycles. The molecule has 1 N–H and O–H groups in total. The molecule has 0 amide bonds. The van der Waals surface area contributed by atoms with Crippen LogP contribution in [0.25, 0.3) is 0 Å². The zero-order valence-corrected chi connectivity index (χ0v) is 11.3. The maximum Gasteiger partial charge on any atom is -0.00488 e. The molecule has 0 saturated heterocycles. The molecule has 16 heavy (non-hydrogen) atoms. The fourth-order valence-corrected chi connectivity index (χ4v) is 1.72. The number of rotatable bonds is 7.